The summed E-state index contributed by atoms with van der Waals surface area (Å²) in [6, 6.07) is 0. The predicted molar refractivity (Wildman–Crippen MR) is 64.0 cm³/mol. The normalized spacial score (nSPS) is 18.6. The Hall–Kier alpha value is 0.250. The molecule has 1 saturated carbocycles. The number of unbranched alkanes of at least 4 members (excludes halogenated alkanes) is 2. The summed E-state index contributed by atoms with van der Waals surface area (Å²) in [5.41, 5.74) is 0. The molecule has 1 fully saturated rings. The number of rotatable bonds is 7. The molecule has 0 aliphatic heterocycles. The van der Waals surface area contributed by atoms with Crippen LogP contribution >= 0.6 is 11.6 Å². The number of hydrogen-bond acceptors (Lipinski definition) is 1. The highest BCUT2D eigenvalue weighted by atomic mass is 35.5. The van der Waals surface area contributed by atoms with Gasteiger partial charge < -0.3 is 5.32 Å². The zero-order valence-electron chi connectivity index (χ0n) is 9.23. The maximum absolute atomic E-state index is 5.62. The third-order valence-corrected chi connectivity index (χ3v) is 3.41. The van der Waals surface area contributed by atoms with E-state index in [1.807, 2.05) is 0 Å². The lowest BCUT2D eigenvalue weighted by atomic mass is 9.89. The van der Waals surface area contributed by atoms with Crippen molar-refractivity contribution in [2.24, 2.45) is 5.92 Å². The van der Waals surface area contributed by atoms with Crippen molar-refractivity contribution >= 4 is 11.6 Å². The molecular weight excluding hydrogens is 194 g/mol. The van der Waals surface area contributed by atoms with Crippen molar-refractivity contribution in [2.45, 2.75) is 51.4 Å². The number of hydrogen-bond donors (Lipinski definition) is 1. The van der Waals surface area contributed by atoms with Crippen LogP contribution in [-0.4, -0.2) is 19.0 Å². The second-order valence-corrected chi connectivity index (χ2v) is 4.84. The first-order valence-corrected chi connectivity index (χ1v) is 6.73. The summed E-state index contributed by atoms with van der Waals surface area (Å²) in [6.07, 6.45) is 11.0. The summed E-state index contributed by atoms with van der Waals surface area (Å²) in [6.45, 7) is 2.44. The summed E-state index contributed by atoms with van der Waals surface area (Å²) >= 11 is 5.62. The van der Waals surface area contributed by atoms with Crippen LogP contribution in [0.15, 0.2) is 0 Å². The molecule has 0 spiro atoms. The molecule has 0 unspecified atom stereocenters. The lowest BCUT2D eigenvalue weighted by Crippen LogP contribution is -2.25. The highest BCUT2D eigenvalue weighted by Crippen LogP contribution is 2.22. The van der Waals surface area contributed by atoms with E-state index >= 15 is 0 Å². The maximum atomic E-state index is 5.62. The standard InChI is InChI=1S/C12H24ClN/c13-9-5-2-6-10-14-11-12-7-3-1-4-8-12/h12,14H,1-11H2. The first kappa shape index (κ1) is 12.3. The van der Waals surface area contributed by atoms with Crippen LogP contribution in [0.5, 0.6) is 0 Å². The van der Waals surface area contributed by atoms with E-state index in [1.54, 1.807) is 0 Å². The fraction of sp³-hybridized carbons (Fsp3) is 1.00. The summed E-state index contributed by atoms with van der Waals surface area (Å²) in [7, 11) is 0. The van der Waals surface area contributed by atoms with Gasteiger partial charge in [-0.25, -0.2) is 0 Å². The largest absolute Gasteiger partial charge is 0.316 e. The smallest absolute Gasteiger partial charge is 0.0223 e. The SMILES string of the molecule is ClCCCCCNCC1CCCCC1. The van der Waals surface area contributed by atoms with Crippen molar-refractivity contribution in [1.82, 2.24) is 5.32 Å². The van der Waals surface area contributed by atoms with Gasteiger partial charge in [0.2, 0.25) is 0 Å². The number of alkyl halides is 1. The van der Waals surface area contributed by atoms with Crippen molar-refractivity contribution in [1.29, 1.82) is 0 Å². The van der Waals surface area contributed by atoms with E-state index in [0.29, 0.717) is 0 Å². The second-order valence-electron chi connectivity index (χ2n) is 4.46. The van der Waals surface area contributed by atoms with Crippen LogP contribution in [0.1, 0.15) is 51.4 Å². The Kier molecular flexibility index (Phi) is 7.52. The fourth-order valence-corrected chi connectivity index (χ4v) is 2.41. The molecule has 84 valence electrons. The van der Waals surface area contributed by atoms with Crippen molar-refractivity contribution < 1.29 is 0 Å². The van der Waals surface area contributed by atoms with Gasteiger partial charge in [-0.1, -0.05) is 25.7 Å². The zero-order chi connectivity index (χ0) is 10.1. The van der Waals surface area contributed by atoms with E-state index in [2.05, 4.69) is 5.32 Å². The van der Waals surface area contributed by atoms with Gasteiger partial charge in [-0.3, -0.25) is 0 Å². The highest BCUT2D eigenvalue weighted by Gasteiger charge is 2.11. The van der Waals surface area contributed by atoms with Crippen molar-refractivity contribution in [3.05, 3.63) is 0 Å². The number of nitrogens with one attached hydrogen (secondary N) is 1. The molecule has 2 heteroatoms. The molecule has 1 N–H and O–H groups in total. The van der Waals surface area contributed by atoms with E-state index in [9.17, 15) is 0 Å². The van der Waals surface area contributed by atoms with Crippen LogP contribution in [0.4, 0.5) is 0 Å². The summed E-state index contributed by atoms with van der Waals surface area (Å²) < 4.78 is 0. The van der Waals surface area contributed by atoms with E-state index < -0.39 is 0 Å². The molecule has 0 aromatic heterocycles. The predicted octanol–water partition coefficient (Wildman–Crippen LogP) is 3.57. The molecule has 1 rings (SSSR count). The Morgan fingerprint density at radius 3 is 2.50 bits per heavy atom. The molecule has 0 atom stereocenters. The summed E-state index contributed by atoms with van der Waals surface area (Å²) in [5.74, 6) is 1.79. The summed E-state index contributed by atoms with van der Waals surface area (Å²) in [5, 5.41) is 3.57. The Bertz CT molecular complexity index is 121. The second kappa shape index (κ2) is 8.55. The van der Waals surface area contributed by atoms with Gasteiger partial charge in [0.15, 0.2) is 0 Å². The Morgan fingerprint density at radius 2 is 1.79 bits per heavy atom. The van der Waals surface area contributed by atoms with Gasteiger partial charge in [0.05, 0.1) is 0 Å². The lowest BCUT2D eigenvalue weighted by Gasteiger charge is -2.21. The van der Waals surface area contributed by atoms with Crippen LogP contribution in [0.3, 0.4) is 0 Å². The Balaban J connectivity index is 1.82. The Labute approximate surface area is 93.6 Å². The van der Waals surface area contributed by atoms with Crippen molar-refractivity contribution in [3.63, 3.8) is 0 Å². The summed E-state index contributed by atoms with van der Waals surface area (Å²) in [4.78, 5) is 0. The van der Waals surface area contributed by atoms with E-state index in [-0.39, 0.29) is 0 Å². The quantitative estimate of drug-likeness (QED) is 0.508. The van der Waals surface area contributed by atoms with E-state index in [0.717, 1.165) is 11.8 Å². The molecule has 1 aliphatic rings. The molecule has 0 radical (unpaired) electrons. The van der Waals surface area contributed by atoms with Crippen molar-refractivity contribution in [3.8, 4) is 0 Å². The average Bonchev–Trinajstić information content (AvgIpc) is 2.25. The molecule has 0 bridgehead atoms. The first-order chi connectivity index (χ1) is 6.93. The van der Waals surface area contributed by atoms with E-state index in [4.69, 9.17) is 11.6 Å². The van der Waals surface area contributed by atoms with Gasteiger partial charge >= 0.3 is 0 Å². The van der Waals surface area contributed by atoms with Gasteiger partial charge in [-0.05, 0) is 44.7 Å². The highest BCUT2D eigenvalue weighted by molar-refractivity contribution is 6.17. The molecule has 1 aliphatic carbocycles. The van der Waals surface area contributed by atoms with Crippen LogP contribution in [0.2, 0.25) is 0 Å². The third-order valence-electron chi connectivity index (χ3n) is 3.14. The van der Waals surface area contributed by atoms with Gasteiger partial charge in [0.25, 0.3) is 0 Å². The molecule has 0 saturated heterocycles. The third kappa shape index (κ3) is 5.87. The lowest BCUT2D eigenvalue weighted by molar-refractivity contribution is 0.341. The van der Waals surface area contributed by atoms with Crippen LogP contribution in [0.25, 0.3) is 0 Å². The average molecular weight is 218 g/mol. The fourth-order valence-electron chi connectivity index (χ4n) is 2.22. The molecular formula is C12H24ClN. The van der Waals surface area contributed by atoms with Crippen LogP contribution in [-0.2, 0) is 0 Å². The molecule has 0 aromatic carbocycles. The monoisotopic (exact) mass is 217 g/mol. The molecule has 0 heterocycles. The minimum atomic E-state index is 0.822. The minimum Gasteiger partial charge on any atom is -0.316 e. The van der Waals surface area contributed by atoms with Gasteiger partial charge in [-0.2, -0.15) is 0 Å². The first-order valence-electron chi connectivity index (χ1n) is 6.20. The van der Waals surface area contributed by atoms with Gasteiger partial charge in [-0.15, -0.1) is 11.6 Å². The van der Waals surface area contributed by atoms with Gasteiger partial charge in [0, 0.05) is 5.88 Å². The molecule has 14 heavy (non-hydrogen) atoms. The molecule has 1 nitrogen and oxygen atoms in total. The van der Waals surface area contributed by atoms with E-state index in [1.165, 1.54) is 64.5 Å². The minimum absolute atomic E-state index is 0.822. The van der Waals surface area contributed by atoms with Gasteiger partial charge in [0.1, 0.15) is 0 Å². The topological polar surface area (TPSA) is 12.0 Å². The zero-order valence-corrected chi connectivity index (χ0v) is 9.99. The number of halogens is 1. The molecule has 0 aromatic rings. The van der Waals surface area contributed by atoms with Crippen molar-refractivity contribution in [2.75, 3.05) is 19.0 Å². The molecule has 0 amide bonds. The van der Waals surface area contributed by atoms with Crippen LogP contribution in [0, 0.1) is 5.92 Å². The maximum Gasteiger partial charge on any atom is 0.0223 e. The van der Waals surface area contributed by atoms with Crippen LogP contribution < -0.4 is 5.32 Å². The Morgan fingerprint density at radius 1 is 1.00 bits per heavy atom.